The van der Waals surface area contributed by atoms with Crippen LogP contribution in [0.1, 0.15) is 65.2 Å². The maximum Gasteiger partial charge on any atom is 0.306 e. The van der Waals surface area contributed by atoms with Gasteiger partial charge in [0, 0.05) is 23.2 Å². The number of hydrogen-bond acceptors (Lipinski definition) is 7. The van der Waals surface area contributed by atoms with Crippen LogP contribution in [-0.4, -0.2) is 52.6 Å². The number of ketones is 2. The molecule has 7 nitrogen and oxygen atoms in total. The van der Waals surface area contributed by atoms with Crippen LogP contribution in [0.15, 0.2) is 23.8 Å². The Balaban J connectivity index is 0.00000324. The minimum Gasteiger partial charge on any atom is -0.458 e. The van der Waals surface area contributed by atoms with Gasteiger partial charge in [0.05, 0.1) is 6.10 Å². The first-order chi connectivity index (χ1) is 15.6. The van der Waals surface area contributed by atoms with Crippen molar-refractivity contribution in [2.45, 2.75) is 76.9 Å². The second kappa shape index (κ2) is 9.84. The highest BCUT2D eigenvalue weighted by molar-refractivity contribution is 6.01. The molecule has 3 saturated carbocycles. The zero-order chi connectivity index (χ0) is 24.0. The predicted molar refractivity (Wildman–Crippen MR) is 129 cm³/mol. The molecule has 0 unspecified atom stereocenters. The fourth-order valence-corrected chi connectivity index (χ4v) is 7.54. The van der Waals surface area contributed by atoms with Crippen molar-refractivity contribution in [2.24, 2.45) is 34.3 Å². The van der Waals surface area contributed by atoms with Crippen molar-refractivity contribution in [1.29, 1.82) is 0 Å². The van der Waals surface area contributed by atoms with Crippen LogP contribution in [0.25, 0.3) is 0 Å². The third kappa shape index (κ3) is 4.19. The van der Waals surface area contributed by atoms with Crippen LogP contribution in [0.4, 0.5) is 0 Å². The number of hydrogen-bond donors (Lipinski definition) is 3. The minimum atomic E-state index is -1.63. The number of esters is 1. The standard InChI is InChI=1S/C26H37NO6.ClH/c1-24-10-8-17(28)13-16(24)6-7-18-19-9-11-26(32,25(19,2)14-20(29)23(18)24)21(30)15-33-22(31)5-3-4-12-27;/h8,10,13,18-20,23,29,32H,3-7,9,11-12,14-15,27H2,1-2H3;1H/t18-,19-,20-,23+,24-,25-,26-;/m0./s1. The Kier molecular flexibility index (Phi) is 7.83. The molecule has 190 valence electrons. The number of aliphatic hydroxyl groups is 2. The summed E-state index contributed by atoms with van der Waals surface area (Å²) in [4.78, 5) is 37.1. The lowest BCUT2D eigenvalue weighted by Gasteiger charge is -2.59. The molecule has 0 heterocycles. The summed E-state index contributed by atoms with van der Waals surface area (Å²) in [5.74, 6) is -0.783. The largest absolute Gasteiger partial charge is 0.458 e. The van der Waals surface area contributed by atoms with E-state index in [4.69, 9.17) is 10.5 Å². The topological polar surface area (TPSA) is 127 Å². The summed E-state index contributed by atoms with van der Waals surface area (Å²) in [7, 11) is 0. The van der Waals surface area contributed by atoms with Crippen molar-refractivity contribution < 1.29 is 29.3 Å². The third-order valence-electron chi connectivity index (χ3n) is 9.31. The fourth-order valence-electron chi connectivity index (χ4n) is 7.54. The number of nitrogens with two attached hydrogens (primary N) is 1. The molecule has 4 rings (SSSR count). The Morgan fingerprint density at radius 1 is 1.24 bits per heavy atom. The Morgan fingerprint density at radius 2 is 1.97 bits per heavy atom. The molecule has 0 bridgehead atoms. The third-order valence-corrected chi connectivity index (χ3v) is 9.31. The Bertz CT molecular complexity index is 902. The lowest BCUT2D eigenvalue weighted by Crippen LogP contribution is -2.61. The van der Waals surface area contributed by atoms with Crippen LogP contribution in [0.5, 0.6) is 0 Å². The Morgan fingerprint density at radius 3 is 2.68 bits per heavy atom. The number of fused-ring (bicyclic) bond motifs is 5. The van der Waals surface area contributed by atoms with Crippen LogP contribution in [-0.2, 0) is 19.1 Å². The molecule has 7 atom stereocenters. The molecular weight excluding hydrogens is 458 g/mol. The van der Waals surface area contributed by atoms with Gasteiger partial charge in [-0.2, -0.15) is 0 Å². The smallest absolute Gasteiger partial charge is 0.306 e. The molecule has 4 aliphatic carbocycles. The van der Waals surface area contributed by atoms with E-state index < -0.39 is 35.5 Å². The summed E-state index contributed by atoms with van der Waals surface area (Å²) in [5.41, 5.74) is 3.71. The first-order valence-electron chi connectivity index (χ1n) is 12.3. The number of halogens is 1. The maximum atomic E-state index is 13.2. The second-order valence-corrected chi connectivity index (χ2v) is 10.9. The van der Waals surface area contributed by atoms with E-state index in [1.54, 1.807) is 12.2 Å². The molecule has 8 heteroatoms. The van der Waals surface area contributed by atoms with Gasteiger partial charge in [-0.25, -0.2) is 0 Å². The number of allylic oxidation sites excluding steroid dienone is 4. The van der Waals surface area contributed by atoms with Gasteiger partial charge in [-0.15, -0.1) is 12.4 Å². The number of ether oxygens (including phenoxy) is 1. The number of unbranched alkanes of at least 4 members (excludes halogenated alkanes) is 1. The Hall–Kier alpha value is -1.54. The molecule has 0 aromatic rings. The van der Waals surface area contributed by atoms with Crippen molar-refractivity contribution in [3.05, 3.63) is 23.8 Å². The van der Waals surface area contributed by atoms with Crippen LogP contribution < -0.4 is 5.73 Å². The summed E-state index contributed by atoms with van der Waals surface area (Å²) in [6, 6.07) is 0. The van der Waals surface area contributed by atoms with Gasteiger partial charge in [0.25, 0.3) is 0 Å². The van der Waals surface area contributed by atoms with Gasteiger partial charge in [-0.05, 0) is 75.5 Å². The number of Topliss-reactive ketones (excluding diaryl/α,β-unsaturated/α-hetero) is 1. The SMILES string of the molecule is C[C@]12C=CC(=O)C=C1CC[C@@H]1[C@@H]2[C@@H](O)C[C@@]2(C)[C@H]1CC[C@]2(O)C(=O)COC(=O)CCCCN.Cl. The summed E-state index contributed by atoms with van der Waals surface area (Å²) in [6.45, 7) is 4.07. The average Bonchev–Trinajstić information content (AvgIpc) is 3.03. The zero-order valence-electron chi connectivity index (χ0n) is 20.1. The van der Waals surface area contributed by atoms with E-state index >= 15 is 0 Å². The lowest BCUT2D eigenvalue weighted by atomic mass is 9.46. The number of carbonyl (C=O) groups is 3. The Labute approximate surface area is 207 Å². The molecule has 0 radical (unpaired) electrons. The lowest BCUT2D eigenvalue weighted by molar-refractivity contribution is -0.181. The van der Waals surface area contributed by atoms with Crippen molar-refractivity contribution in [3.63, 3.8) is 0 Å². The zero-order valence-corrected chi connectivity index (χ0v) is 20.9. The van der Waals surface area contributed by atoms with Crippen LogP contribution in [0, 0.1) is 28.6 Å². The van der Waals surface area contributed by atoms with Crippen LogP contribution in [0.3, 0.4) is 0 Å². The van der Waals surface area contributed by atoms with E-state index in [2.05, 4.69) is 6.92 Å². The van der Waals surface area contributed by atoms with Crippen molar-refractivity contribution in [2.75, 3.05) is 13.2 Å². The summed E-state index contributed by atoms with van der Waals surface area (Å²) in [6.07, 6.45) is 8.98. The molecule has 0 saturated heterocycles. The predicted octanol–water partition coefficient (Wildman–Crippen LogP) is 2.66. The van der Waals surface area contributed by atoms with E-state index in [1.165, 1.54) is 0 Å². The molecule has 3 fully saturated rings. The van der Waals surface area contributed by atoms with Gasteiger partial charge in [0.15, 0.2) is 12.4 Å². The van der Waals surface area contributed by atoms with E-state index in [9.17, 15) is 24.6 Å². The van der Waals surface area contributed by atoms with Gasteiger partial charge in [-0.3, -0.25) is 14.4 Å². The number of aliphatic hydroxyl groups excluding tert-OH is 1. The van der Waals surface area contributed by atoms with Gasteiger partial charge in [-0.1, -0.05) is 25.5 Å². The summed E-state index contributed by atoms with van der Waals surface area (Å²) < 4.78 is 5.18. The van der Waals surface area contributed by atoms with Gasteiger partial charge in [0.1, 0.15) is 5.60 Å². The average molecular weight is 496 g/mol. The fraction of sp³-hybridized carbons (Fsp3) is 0.731. The van der Waals surface area contributed by atoms with Crippen molar-refractivity contribution in [3.8, 4) is 0 Å². The normalized spacial score (nSPS) is 40.4. The van der Waals surface area contributed by atoms with Gasteiger partial charge in [0.2, 0.25) is 5.78 Å². The molecule has 0 aromatic carbocycles. The molecule has 0 aliphatic heterocycles. The van der Waals surface area contributed by atoms with E-state index in [0.717, 1.165) is 18.4 Å². The maximum absolute atomic E-state index is 13.2. The number of carbonyl (C=O) groups excluding carboxylic acids is 3. The van der Waals surface area contributed by atoms with Crippen molar-refractivity contribution in [1.82, 2.24) is 0 Å². The van der Waals surface area contributed by atoms with E-state index in [-0.39, 0.29) is 47.8 Å². The molecule has 0 spiro atoms. The number of rotatable bonds is 7. The molecule has 4 aliphatic rings. The van der Waals surface area contributed by atoms with E-state index in [1.807, 2.05) is 13.0 Å². The minimum absolute atomic E-state index is 0. The van der Waals surface area contributed by atoms with Crippen molar-refractivity contribution >= 4 is 29.9 Å². The second-order valence-electron chi connectivity index (χ2n) is 10.9. The monoisotopic (exact) mass is 495 g/mol. The molecule has 4 N–H and O–H groups in total. The van der Waals surface area contributed by atoms with Crippen LogP contribution in [0.2, 0.25) is 0 Å². The first kappa shape index (κ1) is 27.1. The first-order valence-corrected chi connectivity index (χ1v) is 12.3. The van der Waals surface area contributed by atoms with Crippen LogP contribution >= 0.6 is 12.4 Å². The molecule has 34 heavy (non-hydrogen) atoms. The summed E-state index contributed by atoms with van der Waals surface area (Å²) in [5, 5.41) is 23.0. The van der Waals surface area contributed by atoms with Gasteiger partial charge >= 0.3 is 5.97 Å². The molecular formula is C26H38ClNO6. The summed E-state index contributed by atoms with van der Waals surface area (Å²) >= 11 is 0. The highest BCUT2D eigenvalue weighted by Gasteiger charge is 2.68. The highest BCUT2D eigenvalue weighted by atomic mass is 35.5. The molecule has 0 amide bonds. The van der Waals surface area contributed by atoms with Gasteiger partial charge < -0.3 is 20.7 Å². The quantitative estimate of drug-likeness (QED) is 0.366. The molecule has 0 aromatic heterocycles. The van der Waals surface area contributed by atoms with E-state index in [0.29, 0.717) is 38.6 Å². The highest BCUT2D eigenvalue weighted by Crippen LogP contribution is 2.67.